The minimum absolute atomic E-state index is 0.0400. The molecule has 1 aliphatic heterocycles. The first-order valence-corrected chi connectivity index (χ1v) is 11.6. The van der Waals surface area contributed by atoms with E-state index in [2.05, 4.69) is 10.6 Å². The number of anilines is 1. The molecule has 2 aromatic rings. The number of hydrogen-bond acceptors (Lipinski definition) is 7. The first-order chi connectivity index (χ1) is 17.2. The summed E-state index contributed by atoms with van der Waals surface area (Å²) in [5.74, 6) is -1.37. The summed E-state index contributed by atoms with van der Waals surface area (Å²) in [6.07, 6.45) is 1.40. The highest BCUT2D eigenvalue weighted by Crippen LogP contribution is 2.37. The molecule has 0 bridgehead atoms. The maximum absolute atomic E-state index is 12.8. The summed E-state index contributed by atoms with van der Waals surface area (Å²) in [6, 6.07) is 9.43. The Morgan fingerprint density at radius 1 is 1.08 bits per heavy atom. The molecule has 0 spiro atoms. The topological polar surface area (TPSA) is 123 Å². The number of esters is 1. The summed E-state index contributed by atoms with van der Waals surface area (Å²) in [4.78, 5) is 50.0. The van der Waals surface area contributed by atoms with Crippen molar-refractivity contribution >= 4 is 47.2 Å². The Hall–Kier alpha value is -4.05. The Morgan fingerprint density at radius 3 is 2.47 bits per heavy atom. The van der Waals surface area contributed by atoms with E-state index in [1.807, 2.05) is 19.1 Å². The number of carbonyl (C=O) groups excluding carboxylic acids is 4. The molecule has 36 heavy (non-hydrogen) atoms. The molecule has 0 saturated carbocycles. The zero-order chi connectivity index (χ0) is 26.2. The standard InChI is InChI=1S/C25H26ClN3O7/c1-4-34-20-12-16(10-18(26)23(20)36-14-22(31)35-5-2)11-19-24(32)29(25(33)28-19)13-21(30)27-17-8-6-15(3)7-9-17/h6-12H,4-5,13-14H2,1-3H3,(H,27,30)(H,28,33)/b19-11+. The summed E-state index contributed by atoms with van der Waals surface area (Å²) < 4.78 is 15.9. The predicted octanol–water partition coefficient (Wildman–Crippen LogP) is 3.52. The fourth-order valence-corrected chi connectivity index (χ4v) is 3.54. The van der Waals surface area contributed by atoms with Crippen molar-refractivity contribution in [3.8, 4) is 11.5 Å². The van der Waals surface area contributed by atoms with E-state index in [4.69, 9.17) is 25.8 Å². The van der Waals surface area contributed by atoms with Crippen LogP contribution in [0, 0.1) is 6.92 Å². The van der Waals surface area contributed by atoms with Gasteiger partial charge in [0.1, 0.15) is 12.2 Å². The number of carbonyl (C=O) groups is 4. The van der Waals surface area contributed by atoms with E-state index >= 15 is 0 Å². The van der Waals surface area contributed by atoms with Crippen LogP contribution in [0.25, 0.3) is 6.08 Å². The number of ether oxygens (including phenoxy) is 3. The Morgan fingerprint density at radius 2 is 1.81 bits per heavy atom. The average Bonchev–Trinajstić information content (AvgIpc) is 3.07. The highest BCUT2D eigenvalue weighted by atomic mass is 35.5. The highest BCUT2D eigenvalue weighted by Gasteiger charge is 2.35. The predicted molar refractivity (Wildman–Crippen MR) is 133 cm³/mol. The lowest BCUT2D eigenvalue weighted by atomic mass is 10.1. The van der Waals surface area contributed by atoms with Crippen molar-refractivity contribution in [2.24, 2.45) is 0 Å². The van der Waals surface area contributed by atoms with Crippen LogP contribution in [-0.2, 0) is 19.1 Å². The van der Waals surface area contributed by atoms with Crippen molar-refractivity contribution < 1.29 is 33.4 Å². The van der Waals surface area contributed by atoms with Crippen LogP contribution in [0.2, 0.25) is 5.02 Å². The molecule has 0 aromatic heterocycles. The zero-order valence-electron chi connectivity index (χ0n) is 20.1. The number of aryl methyl sites for hydroxylation is 1. The van der Waals surface area contributed by atoms with Crippen LogP contribution in [0.5, 0.6) is 11.5 Å². The second kappa shape index (κ2) is 12.1. The molecule has 10 nitrogen and oxygen atoms in total. The third-order valence-corrected chi connectivity index (χ3v) is 5.16. The summed E-state index contributed by atoms with van der Waals surface area (Å²) in [5.41, 5.74) is 1.98. The molecule has 2 aromatic carbocycles. The van der Waals surface area contributed by atoms with Crippen molar-refractivity contribution in [3.63, 3.8) is 0 Å². The Bertz CT molecular complexity index is 1190. The minimum Gasteiger partial charge on any atom is -0.490 e. The number of hydrogen-bond donors (Lipinski definition) is 2. The molecule has 2 N–H and O–H groups in total. The number of urea groups is 1. The van der Waals surface area contributed by atoms with Crippen molar-refractivity contribution in [2.45, 2.75) is 20.8 Å². The Labute approximate surface area is 213 Å². The highest BCUT2D eigenvalue weighted by molar-refractivity contribution is 6.32. The van der Waals surface area contributed by atoms with E-state index in [1.54, 1.807) is 32.0 Å². The lowest BCUT2D eigenvalue weighted by Gasteiger charge is -2.14. The quantitative estimate of drug-likeness (QED) is 0.282. The van der Waals surface area contributed by atoms with Gasteiger partial charge in [-0.15, -0.1) is 0 Å². The monoisotopic (exact) mass is 515 g/mol. The van der Waals surface area contributed by atoms with E-state index < -0.39 is 30.4 Å². The van der Waals surface area contributed by atoms with Crippen molar-refractivity contribution in [1.82, 2.24) is 10.2 Å². The van der Waals surface area contributed by atoms with Gasteiger partial charge in [0.2, 0.25) is 5.91 Å². The normalized spacial score (nSPS) is 14.0. The van der Waals surface area contributed by atoms with Crippen LogP contribution >= 0.6 is 11.6 Å². The number of benzene rings is 2. The third-order valence-electron chi connectivity index (χ3n) is 4.88. The van der Waals surface area contributed by atoms with Gasteiger partial charge in [-0.3, -0.25) is 9.59 Å². The molecule has 0 unspecified atom stereocenters. The first-order valence-electron chi connectivity index (χ1n) is 11.2. The molecule has 11 heteroatoms. The molecule has 0 radical (unpaired) electrons. The molecule has 1 fully saturated rings. The van der Waals surface area contributed by atoms with E-state index in [9.17, 15) is 19.2 Å². The summed E-state index contributed by atoms with van der Waals surface area (Å²) in [6.45, 7) is 5.04. The SMILES string of the molecule is CCOC(=O)COc1c(Cl)cc(/C=C2/NC(=O)N(CC(=O)Nc3ccc(C)cc3)C2=O)cc1OCC. The van der Waals surface area contributed by atoms with Crippen LogP contribution in [0.4, 0.5) is 10.5 Å². The molecule has 1 aliphatic rings. The number of rotatable bonds is 10. The molecule has 1 heterocycles. The molecular weight excluding hydrogens is 490 g/mol. The molecule has 4 amide bonds. The number of nitrogens with zero attached hydrogens (tertiary/aromatic N) is 1. The smallest absolute Gasteiger partial charge is 0.344 e. The maximum atomic E-state index is 12.8. The van der Waals surface area contributed by atoms with Gasteiger partial charge in [-0.05, 0) is 56.7 Å². The lowest BCUT2D eigenvalue weighted by Crippen LogP contribution is -2.38. The van der Waals surface area contributed by atoms with Gasteiger partial charge < -0.3 is 24.8 Å². The molecular formula is C25H26ClN3O7. The lowest BCUT2D eigenvalue weighted by molar-refractivity contribution is -0.145. The summed E-state index contributed by atoms with van der Waals surface area (Å²) in [5, 5.41) is 5.24. The number of nitrogens with one attached hydrogen (secondary N) is 2. The largest absolute Gasteiger partial charge is 0.490 e. The van der Waals surface area contributed by atoms with E-state index in [-0.39, 0.29) is 42.0 Å². The number of imide groups is 1. The van der Waals surface area contributed by atoms with Gasteiger partial charge in [-0.25, -0.2) is 14.5 Å². The maximum Gasteiger partial charge on any atom is 0.344 e. The number of halogens is 1. The molecule has 190 valence electrons. The van der Waals surface area contributed by atoms with Crippen LogP contribution in [0.1, 0.15) is 25.0 Å². The van der Waals surface area contributed by atoms with Crippen LogP contribution in [0.15, 0.2) is 42.1 Å². The van der Waals surface area contributed by atoms with Gasteiger partial charge >= 0.3 is 12.0 Å². The summed E-state index contributed by atoms with van der Waals surface area (Å²) in [7, 11) is 0. The van der Waals surface area contributed by atoms with Crippen LogP contribution in [-0.4, -0.2) is 55.1 Å². The Kier molecular flexibility index (Phi) is 8.91. The fourth-order valence-electron chi connectivity index (χ4n) is 3.27. The van der Waals surface area contributed by atoms with Gasteiger partial charge in [0.15, 0.2) is 18.1 Å². The Balaban J connectivity index is 1.74. The van der Waals surface area contributed by atoms with Crippen LogP contribution < -0.4 is 20.1 Å². The second-order valence-corrected chi connectivity index (χ2v) is 8.06. The molecule has 3 rings (SSSR count). The fraction of sp³-hybridized carbons (Fsp3) is 0.280. The van der Waals surface area contributed by atoms with Gasteiger partial charge in [-0.2, -0.15) is 0 Å². The molecule has 1 saturated heterocycles. The molecule has 0 aliphatic carbocycles. The molecule has 0 atom stereocenters. The van der Waals surface area contributed by atoms with Gasteiger partial charge in [-0.1, -0.05) is 29.3 Å². The van der Waals surface area contributed by atoms with Gasteiger partial charge in [0.25, 0.3) is 5.91 Å². The van der Waals surface area contributed by atoms with Crippen LogP contribution in [0.3, 0.4) is 0 Å². The first kappa shape index (κ1) is 26.6. The van der Waals surface area contributed by atoms with E-state index in [0.29, 0.717) is 11.3 Å². The van der Waals surface area contributed by atoms with E-state index in [1.165, 1.54) is 12.1 Å². The minimum atomic E-state index is -0.726. The third kappa shape index (κ3) is 6.76. The van der Waals surface area contributed by atoms with Gasteiger partial charge in [0, 0.05) is 5.69 Å². The van der Waals surface area contributed by atoms with E-state index in [0.717, 1.165) is 10.5 Å². The summed E-state index contributed by atoms with van der Waals surface area (Å²) >= 11 is 6.34. The van der Waals surface area contributed by atoms with Crippen molar-refractivity contribution in [1.29, 1.82) is 0 Å². The van der Waals surface area contributed by atoms with Gasteiger partial charge in [0.05, 0.1) is 18.2 Å². The van der Waals surface area contributed by atoms with Crippen molar-refractivity contribution in [3.05, 3.63) is 58.2 Å². The second-order valence-electron chi connectivity index (χ2n) is 7.65. The average molecular weight is 516 g/mol. The number of amides is 4. The van der Waals surface area contributed by atoms with Crippen molar-refractivity contribution in [2.75, 3.05) is 31.7 Å². The zero-order valence-corrected chi connectivity index (χ0v) is 20.8.